The normalized spacial score (nSPS) is 20.0. The highest BCUT2D eigenvalue weighted by atomic mass is 32.2. The first-order valence-electron chi connectivity index (χ1n) is 7.42. The summed E-state index contributed by atoms with van der Waals surface area (Å²) in [7, 11) is -1.95. The minimum absolute atomic E-state index is 0.209. The first kappa shape index (κ1) is 16.4. The van der Waals surface area contributed by atoms with E-state index in [0.29, 0.717) is 25.6 Å². The summed E-state index contributed by atoms with van der Waals surface area (Å²) in [5, 5.41) is 2.92. The maximum Gasteiger partial charge on any atom is 0.245 e. The summed E-state index contributed by atoms with van der Waals surface area (Å²) >= 11 is 0. The lowest BCUT2D eigenvalue weighted by atomic mass is 10.0. The van der Waals surface area contributed by atoms with Crippen molar-refractivity contribution in [3.8, 4) is 0 Å². The van der Waals surface area contributed by atoms with E-state index in [4.69, 9.17) is 0 Å². The van der Waals surface area contributed by atoms with E-state index >= 15 is 0 Å². The van der Waals surface area contributed by atoms with Crippen molar-refractivity contribution in [1.82, 2.24) is 9.62 Å². The molecule has 1 heterocycles. The number of halogens is 1. The molecule has 0 aromatic heterocycles. The Hall–Kier alpha value is -0.980. The van der Waals surface area contributed by atoms with Crippen LogP contribution in [-0.4, -0.2) is 32.9 Å². The fourth-order valence-corrected chi connectivity index (χ4v) is 4.44. The first-order valence-corrected chi connectivity index (χ1v) is 8.86. The monoisotopic (exact) mass is 314 g/mol. The number of rotatable bonds is 6. The average Bonchev–Trinajstić information content (AvgIpc) is 2.89. The molecule has 1 N–H and O–H groups in total. The number of nitrogens with one attached hydrogen (secondary N) is 1. The quantitative estimate of drug-likeness (QED) is 0.877. The minimum atomic E-state index is -3.71. The molecule has 1 aromatic rings. The second kappa shape index (κ2) is 6.85. The standard InChI is InChI=1S/C15H23FN2O2S/c1-3-4-12-7-8-18(11-12)21(19,20)15-6-5-13(10-17-2)9-14(15)16/h5-6,9,12,17H,3-4,7-8,10-11H2,1-2H3. The van der Waals surface area contributed by atoms with Crippen LogP contribution in [0.2, 0.25) is 0 Å². The largest absolute Gasteiger partial charge is 0.316 e. The van der Waals surface area contributed by atoms with E-state index in [0.717, 1.165) is 24.8 Å². The maximum absolute atomic E-state index is 14.1. The summed E-state index contributed by atoms with van der Waals surface area (Å²) in [4.78, 5) is -0.209. The maximum atomic E-state index is 14.1. The number of hydrogen-bond acceptors (Lipinski definition) is 3. The third-order valence-electron chi connectivity index (χ3n) is 3.94. The van der Waals surface area contributed by atoms with E-state index in [2.05, 4.69) is 12.2 Å². The number of hydrogen-bond donors (Lipinski definition) is 1. The van der Waals surface area contributed by atoms with Gasteiger partial charge >= 0.3 is 0 Å². The molecular formula is C15H23FN2O2S. The summed E-state index contributed by atoms with van der Waals surface area (Å²) < 4.78 is 40.6. The lowest BCUT2D eigenvalue weighted by molar-refractivity contribution is 0.440. The molecule has 6 heteroatoms. The van der Waals surface area contributed by atoms with Gasteiger partial charge in [-0.15, -0.1) is 0 Å². The zero-order chi connectivity index (χ0) is 15.5. The summed E-state index contributed by atoms with van der Waals surface area (Å²) in [6.07, 6.45) is 2.94. The van der Waals surface area contributed by atoms with Gasteiger partial charge in [0.05, 0.1) is 0 Å². The predicted molar refractivity (Wildman–Crippen MR) is 80.9 cm³/mol. The van der Waals surface area contributed by atoms with Gasteiger partial charge in [-0.25, -0.2) is 12.8 Å². The van der Waals surface area contributed by atoms with Crippen LogP contribution in [0.3, 0.4) is 0 Å². The van der Waals surface area contributed by atoms with Crippen LogP contribution >= 0.6 is 0 Å². The third-order valence-corrected chi connectivity index (χ3v) is 5.84. The van der Waals surface area contributed by atoms with Gasteiger partial charge in [0.15, 0.2) is 0 Å². The molecule has 1 aliphatic rings. The van der Waals surface area contributed by atoms with Crippen LogP contribution in [0.1, 0.15) is 31.7 Å². The molecule has 1 saturated heterocycles. The molecule has 118 valence electrons. The molecule has 0 radical (unpaired) electrons. The highest BCUT2D eigenvalue weighted by Crippen LogP contribution is 2.28. The molecule has 0 saturated carbocycles. The highest BCUT2D eigenvalue weighted by molar-refractivity contribution is 7.89. The van der Waals surface area contributed by atoms with Crippen LogP contribution in [0.15, 0.2) is 23.1 Å². The van der Waals surface area contributed by atoms with Gasteiger partial charge < -0.3 is 5.32 Å². The molecule has 1 aliphatic heterocycles. The van der Waals surface area contributed by atoms with Gasteiger partial charge in [-0.05, 0) is 43.5 Å². The zero-order valence-electron chi connectivity index (χ0n) is 12.6. The van der Waals surface area contributed by atoms with Gasteiger partial charge in [-0.3, -0.25) is 0 Å². The molecular weight excluding hydrogens is 291 g/mol. The molecule has 1 fully saturated rings. The zero-order valence-corrected chi connectivity index (χ0v) is 13.4. The van der Waals surface area contributed by atoms with Gasteiger partial charge in [0.2, 0.25) is 10.0 Å². The molecule has 0 aliphatic carbocycles. The van der Waals surface area contributed by atoms with Crippen LogP contribution < -0.4 is 5.32 Å². The van der Waals surface area contributed by atoms with E-state index < -0.39 is 15.8 Å². The van der Waals surface area contributed by atoms with Crippen molar-refractivity contribution >= 4 is 10.0 Å². The molecule has 4 nitrogen and oxygen atoms in total. The lowest BCUT2D eigenvalue weighted by Gasteiger charge is -2.17. The fraction of sp³-hybridized carbons (Fsp3) is 0.600. The molecule has 21 heavy (non-hydrogen) atoms. The van der Waals surface area contributed by atoms with Crippen molar-refractivity contribution in [2.24, 2.45) is 5.92 Å². The van der Waals surface area contributed by atoms with E-state index in [-0.39, 0.29) is 4.90 Å². The Kier molecular flexibility index (Phi) is 5.35. The Bertz CT molecular complexity index is 589. The Morgan fingerprint density at radius 3 is 2.81 bits per heavy atom. The third kappa shape index (κ3) is 3.62. The lowest BCUT2D eigenvalue weighted by Crippen LogP contribution is -2.29. The SMILES string of the molecule is CCCC1CCN(S(=O)(=O)c2ccc(CNC)cc2F)C1. The van der Waals surface area contributed by atoms with Crippen LogP contribution in [0, 0.1) is 11.7 Å². The second-order valence-electron chi connectivity index (χ2n) is 5.60. The van der Waals surface area contributed by atoms with Gasteiger partial charge in [-0.1, -0.05) is 19.4 Å². The highest BCUT2D eigenvalue weighted by Gasteiger charge is 2.33. The van der Waals surface area contributed by atoms with Gasteiger partial charge in [-0.2, -0.15) is 4.31 Å². The number of sulfonamides is 1. The van der Waals surface area contributed by atoms with Crippen molar-refractivity contribution in [1.29, 1.82) is 0 Å². The molecule has 2 rings (SSSR count). The van der Waals surface area contributed by atoms with E-state index in [1.54, 1.807) is 13.1 Å². The number of nitrogens with zero attached hydrogens (tertiary/aromatic N) is 1. The van der Waals surface area contributed by atoms with Crippen LogP contribution in [0.5, 0.6) is 0 Å². The molecule has 0 bridgehead atoms. The van der Waals surface area contributed by atoms with Crippen molar-refractivity contribution in [3.63, 3.8) is 0 Å². The second-order valence-corrected chi connectivity index (χ2v) is 7.51. The predicted octanol–water partition coefficient (Wildman–Crippen LogP) is 2.36. The van der Waals surface area contributed by atoms with Crippen LogP contribution in [0.4, 0.5) is 4.39 Å². The smallest absolute Gasteiger partial charge is 0.245 e. The minimum Gasteiger partial charge on any atom is -0.316 e. The summed E-state index contributed by atoms with van der Waals surface area (Å²) in [5.41, 5.74) is 0.735. The van der Waals surface area contributed by atoms with Crippen molar-refractivity contribution in [2.75, 3.05) is 20.1 Å². The van der Waals surface area contributed by atoms with Gasteiger partial charge in [0, 0.05) is 19.6 Å². The molecule has 0 spiro atoms. The molecule has 1 unspecified atom stereocenters. The van der Waals surface area contributed by atoms with E-state index in [1.165, 1.54) is 16.4 Å². The van der Waals surface area contributed by atoms with E-state index in [1.807, 2.05) is 0 Å². The topological polar surface area (TPSA) is 49.4 Å². The van der Waals surface area contributed by atoms with Crippen molar-refractivity contribution < 1.29 is 12.8 Å². The molecule has 0 amide bonds. The molecule has 1 atom stereocenters. The van der Waals surface area contributed by atoms with Crippen LogP contribution in [-0.2, 0) is 16.6 Å². The van der Waals surface area contributed by atoms with Crippen molar-refractivity contribution in [2.45, 2.75) is 37.6 Å². The first-order chi connectivity index (χ1) is 9.98. The van der Waals surface area contributed by atoms with Gasteiger partial charge in [0.25, 0.3) is 0 Å². The van der Waals surface area contributed by atoms with Gasteiger partial charge in [0.1, 0.15) is 10.7 Å². The summed E-state index contributed by atoms with van der Waals surface area (Å²) in [6.45, 7) is 3.61. The summed E-state index contributed by atoms with van der Waals surface area (Å²) in [6, 6.07) is 4.33. The van der Waals surface area contributed by atoms with Crippen molar-refractivity contribution in [3.05, 3.63) is 29.6 Å². The summed E-state index contributed by atoms with van der Waals surface area (Å²) in [5.74, 6) is -0.266. The Labute approximate surface area is 126 Å². The Morgan fingerprint density at radius 1 is 1.43 bits per heavy atom. The van der Waals surface area contributed by atoms with E-state index in [9.17, 15) is 12.8 Å². The number of benzene rings is 1. The molecule has 1 aromatic carbocycles. The fourth-order valence-electron chi connectivity index (χ4n) is 2.87. The average molecular weight is 314 g/mol. The Balaban J connectivity index is 2.20. The van der Waals surface area contributed by atoms with Crippen LogP contribution in [0.25, 0.3) is 0 Å². The Morgan fingerprint density at radius 2 is 2.19 bits per heavy atom.